The van der Waals surface area contributed by atoms with E-state index in [1.807, 2.05) is 0 Å². The summed E-state index contributed by atoms with van der Waals surface area (Å²) in [7, 11) is 0. The fourth-order valence-electron chi connectivity index (χ4n) is 2.23. The van der Waals surface area contributed by atoms with Crippen LogP contribution in [0.4, 0.5) is 5.69 Å². The predicted molar refractivity (Wildman–Crippen MR) is 83.6 cm³/mol. The molecule has 0 spiro atoms. The Morgan fingerprint density at radius 2 is 1.71 bits per heavy atom. The molecule has 0 saturated carbocycles. The number of nitrogens with zero attached hydrogens (tertiary/aromatic N) is 1. The highest BCUT2D eigenvalue weighted by molar-refractivity contribution is 6.39. The first kappa shape index (κ1) is 15.9. The van der Waals surface area contributed by atoms with Crippen molar-refractivity contribution < 1.29 is 9.59 Å². The van der Waals surface area contributed by atoms with Crippen LogP contribution in [0.5, 0.6) is 0 Å². The molecule has 1 aromatic rings. The number of halogens is 2. The molecule has 1 fully saturated rings. The van der Waals surface area contributed by atoms with Gasteiger partial charge in [-0.15, -0.1) is 0 Å². The van der Waals surface area contributed by atoms with Gasteiger partial charge in [0.15, 0.2) is 0 Å². The number of benzene rings is 1. The van der Waals surface area contributed by atoms with Crippen molar-refractivity contribution in [2.24, 2.45) is 0 Å². The van der Waals surface area contributed by atoms with Gasteiger partial charge >= 0.3 is 0 Å². The number of likely N-dealkylation sites (tertiary alicyclic amines) is 1. The average molecular weight is 330 g/mol. The summed E-state index contributed by atoms with van der Waals surface area (Å²) in [5.41, 5.74) is 6.13. The molecule has 0 atom stereocenters. The van der Waals surface area contributed by atoms with Crippen molar-refractivity contribution in [2.75, 3.05) is 25.4 Å². The van der Waals surface area contributed by atoms with E-state index in [9.17, 15) is 9.59 Å². The molecule has 114 valence electrons. The van der Waals surface area contributed by atoms with E-state index in [4.69, 9.17) is 28.9 Å². The fourth-order valence-corrected chi connectivity index (χ4v) is 2.72. The van der Waals surface area contributed by atoms with Gasteiger partial charge in [0.1, 0.15) is 0 Å². The molecule has 1 aliphatic rings. The van der Waals surface area contributed by atoms with Crippen LogP contribution >= 0.6 is 23.2 Å². The molecule has 1 heterocycles. The summed E-state index contributed by atoms with van der Waals surface area (Å²) in [4.78, 5) is 25.7. The first-order chi connectivity index (χ1) is 9.99. The zero-order valence-corrected chi connectivity index (χ0v) is 13.0. The summed E-state index contributed by atoms with van der Waals surface area (Å²) >= 11 is 11.8. The van der Waals surface area contributed by atoms with Crippen LogP contribution in [0.2, 0.25) is 10.0 Å². The van der Waals surface area contributed by atoms with Crippen LogP contribution in [0.1, 0.15) is 29.6 Å². The first-order valence-corrected chi connectivity index (χ1v) is 7.55. The molecule has 0 unspecified atom stereocenters. The Balaban J connectivity index is 1.94. The largest absolute Gasteiger partial charge is 0.396 e. The van der Waals surface area contributed by atoms with Crippen molar-refractivity contribution in [1.82, 2.24) is 10.2 Å². The maximum Gasteiger partial charge on any atom is 0.251 e. The second-order valence-electron chi connectivity index (χ2n) is 4.98. The van der Waals surface area contributed by atoms with Gasteiger partial charge in [0, 0.05) is 18.7 Å². The highest BCUT2D eigenvalue weighted by Crippen LogP contribution is 2.28. The van der Waals surface area contributed by atoms with Gasteiger partial charge in [0.2, 0.25) is 5.91 Å². The summed E-state index contributed by atoms with van der Waals surface area (Å²) < 4.78 is 0. The maximum atomic E-state index is 12.0. The topological polar surface area (TPSA) is 75.4 Å². The number of nitrogens with one attached hydrogen (secondary N) is 1. The molecule has 0 bridgehead atoms. The van der Waals surface area contributed by atoms with Gasteiger partial charge in [-0.1, -0.05) is 23.2 Å². The van der Waals surface area contributed by atoms with Gasteiger partial charge in [-0.05, 0) is 31.4 Å². The molecule has 2 rings (SSSR count). The highest BCUT2D eigenvalue weighted by atomic mass is 35.5. The molecular weight excluding hydrogens is 313 g/mol. The Labute approximate surface area is 133 Å². The van der Waals surface area contributed by atoms with Gasteiger partial charge in [0.05, 0.1) is 22.3 Å². The molecule has 5 nitrogen and oxygen atoms in total. The number of carbonyl (C=O) groups excluding carboxylic acids is 2. The van der Waals surface area contributed by atoms with E-state index >= 15 is 0 Å². The van der Waals surface area contributed by atoms with Crippen LogP contribution in [0.25, 0.3) is 0 Å². The van der Waals surface area contributed by atoms with E-state index in [-0.39, 0.29) is 33.7 Å². The summed E-state index contributed by atoms with van der Waals surface area (Å²) in [6.07, 6.45) is 3.18. The van der Waals surface area contributed by atoms with Crippen LogP contribution in [-0.4, -0.2) is 36.3 Å². The van der Waals surface area contributed by atoms with Crippen molar-refractivity contribution in [3.63, 3.8) is 0 Å². The van der Waals surface area contributed by atoms with Crippen LogP contribution in [0, 0.1) is 0 Å². The molecule has 0 aromatic heterocycles. The number of hydrogen-bond donors (Lipinski definition) is 2. The molecule has 21 heavy (non-hydrogen) atoms. The van der Waals surface area contributed by atoms with Gasteiger partial charge in [-0.3, -0.25) is 9.59 Å². The summed E-state index contributed by atoms with van der Waals surface area (Å²) in [6.45, 7) is 1.49. The van der Waals surface area contributed by atoms with E-state index in [0.29, 0.717) is 0 Å². The minimum absolute atomic E-state index is 0.0293. The van der Waals surface area contributed by atoms with Crippen molar-refractivity contribution in [3.8, 4) is 0 Å². The molecule has 0 radical (unpaired) electrons. The predicted octanol–water partition coefficient (Wildman–Crippen LogP) is 2.32. The summed E-state index contributed by atoms with van der Waals surface area (Å²) in [5, 5.41) is 3.02. The molecule has 1 aliphatic heterocycles. The second-order valence-corrected chi connectivity index (χ2v) is 5.79. The minimum Gasteiger partial charge on any atom is -0.396 e. The lowest BCUT2D eigenvalue weighted by Crippen LogP contribution is -2.42. The average Bonchev–Trinajstić information content (AvgIpc) is 2.50. The normalized spacial score (nSPS) is 14.9. The Hall–Kier alpha value is -1.46. The monoisotopic (exact) mass is 329 g/mol. The Morgan fingerprint density at radius 1 is 1.14 bits per heavy atom. The number of hydrogen-bond acceptors (Lipinski definition) is 3. The van der Waals surface area contributed by atoms with Gasteiger partial charge in [0.25, 0.3) is 5.91 Å². The van der Waals surface area contributed by atoms with Crippen molar-refractivity contribution in [1.29, 1.82) is 0 Å². The Bertz CT molecular complexity index is 534. The maximum absolute atomic E-state index is 12.0. The van der Waals surface area contributed by atoms with E-state index in [1.165, 1.54) is 12.1 Å². The number of nitrogen functional groups attached to an aromatic ring is 1. The molecule has 1 aromatic carbocycles. The lowest BCUT2D eigenvalue weighted by atomic mass is 10.1. The third kappa shape index (κ3) is 4.02. The van der Waals surface area contributed by atoms with Gasteiger partial charge in [-0.2, -0.15) is 0 Å². The van der Waals surface area contributed by atoms with E-state index in [2.05, 4.69) is 5.32 Å². The summed E-state index contributed by atoms with van der Waals surface area (Å²) in [6, 6.07) is 2.87. The number of anilines is 1. The molecular formula is C14H17Cl2N3O2. The number of carbonyl (C=O) groups is 2. The lowest BCUT2D eigenvalue weighted by molar-refractivity contribution is -0.130. The SMILES string of the molecule is Nc1c(Cl)cc(C(=O)NCC(=O)N2CCCCC2)cc1Cl. The molecule has 1 saturated heterocycles. The van der Waals surface area contributed by atoms with E-state index in [1.54, 1.807) is 4.90 Å². The smallest absolute Gasteiger partial charge is 0.251 e. The van der Waals surface area contributed by atoms with E-state index < -0.39 is 5.91 Å². The Kier molecular flexibility index (Phi) is 5.31. The second kappa shape index (κ2) is 7.00. The zero-order chi connectivity index (χ0) is 15.4. The molecule has 2 amide bonds. The highest BCUT2D eigenvalue weighted by Gasteiger charge is 2.18. The van der Waals surface area contributed by atoms with Crippen molar-refractivity contribution in [2.45, 2.75) is 19.3 Å². The number of rotatable bonds is 3. The molecule has 3 N–H and O–H groups in total. The van der Waals surface area contributed by atoms with Crippen LogP contribution < -0.4 is 11.1 Å². The summed E-state index contributed by atoms with van der Waals surface area (Å²) in [5.74, 6) is -0.472. The van der Waals surface area contributed by atoms with Crippen LogP contribution in [-0.2, 0) is 4.79 Å². The third-order valence-electron chi connectivity index (χ3n) is 3.45. The van der Waals surface area contributed by atoms with E-state index in [0.717, 1.165) is 32.4 Å². The molecule has 7 heteroatoms. The van der Waals surface area contributed by atoms with Crippen LogP contribution in [0.3, 0.4) is 0 Å². The number of piperidine rings is 1. The molecule has 0 aliphatic carbocycles. The zero-order valence-electron chi connectivity index (χ0n) is 11.5. The van der Waals surface area contributed by atoms with Crippen molar-refractivity contribution >= 4 is 40.7 Å². The van der Waals surface area contributed by atoms with Crippen LogP contribution in [0.15, 0.2) is 12.1 Å². The third-order valence-corrected chi connectivity index (χ3v) is 4.08. The lowest BCUT2D eigenvalue weighted by Gasteiger charge is -2.26. The number of amides is 2. The van der Waals surface area contributed by atoms with Crippen molar-refractivity contribution in [3.05, 3.63) is 27.7 Å². The van der Waals surface area contributed by atoms with Gasteiger partial charge < -0.3 is 16.0 Å². The minimum atomic E-state index is -0.399. The first-order valence-electron chi connectivity index (χ1n) is 6.79. The standard InChI is InChI=1S/C14H17Cl2N3O2/c15-10-6-9(7-11(16)13(10)17)14(21)18-8-12(20)19-4-2-1-3-5-19/h6-7H,1-5,8,17H2,(H,18,21). The quantitative estimate of drug-likeness (QED) is 0.835. The fraction of sp³-hybridized carbons (Fsp3) is 0.429. The Morgan fingerprint density at radius 3 is 2.29 bits per heavy atom. The van der Waals surface area contributed by atoms with Gasteiger partial charge in [-0.25, -0.2) is 0 Å². The number of nitrogens with two attached hydrogens (primary N) is 1.